The number of amides is 1. The molecule has 4 aromatic rings. The van der Waals surface area contributed by atoms with Crippen molar-refractivity contribution < 1.29 is 24.2 Å². The molecule has 0 radical (unpaired) electrons. The third-order valence-electron chi connectivity index (χ3n) is 8.41. The van der Waals surface area contributed by atoms with Gasteiger partial charge in [0.1, 0.15) is 18.9 Å². The molecule has 2 heterocycles. The molecule has 8 nitrogen and oxygen atoms in total. The Hall–Kier alpha value is -4.85. The minimum atomic E-state index is -0.715. The summed E-state index contributed by atoms with van der Waals surface area (Å²) in [5.41, 5.74) is 4.18. The van der Waals surface area contributed by atoms with Crippen molar-refractivity contribution >= 4 is 23.3 Å². The summed E-state index contributed by atoms with van der Waals surface area (Å²) in [6, 6.07) is 28.9. The van der Waals surface area contributed by atoms with Gasteiger partial charge in [-0.1, -0.05) is 66.7 Å². The molecular weight excluding hydrogens is 518 g/mol. The lowest BCUT2D eigenvalue weighted by atomic mass is 9.39. The van der Waals surface area contributed by atoms with Crippen molar-refractivity contribution in [3.05, 3.63) is 113 Å². The van der Waals surface area contributed by atoms with E-state index in [2.05, 4.69) is 10.3 Å². The predicted octanol–water partition coefficient (Wildman–Crippen LogP) is 5.82. The molecule has 8 rings (SSSR count). The number of carbonyl (C=O) groups is 2. The van der Waals surface area contributed by atoms with E-state index in [0.29, 0.717) is 62.0 Å². The van der Waals surface area contributed by atoms with Gasteiger partial charge in [-0.3, -0.25) is 14.5 Å². The molecule has 0 atom stereocenters. The molecule has 0 unspecified atom stereocenters. The molecule has 1 aliphatic heterocycles. The fourth-order valence-corrected chi connectivity index (χ4v) is 6.34. The predicted molar refractivity (Wildman–Crippen MR) is 153 cm³/mol. The van der Waals surface area contributed by atoms with Crippen LogP contribution < -0.4 is 19.7 Å². The first kappa shape index (κ1) is 25.1. The van der Waals surface area contributed by atoms with Crippen LogP contribution in [0.25, 0.3) is 0 Å². The van der Waals surface area contributed by atoms with Crippen LogP contribution in [0.1, 0.15) is 46.3 Å². The molecule has 3 saturated carbocycles. The third kappa shape index (κ3) is 4.45. The van der Waals surface area contributed by atoms with Crippen molar-refractivity contribution in [1.29, 1.82) is 0 Å². The second-order valence-corrected chi connectivity index (χ2v) is 11.3. The minimum Gasteiger partial charge on any atom is -0.481 e. The third-order valence-corrected chi connectivity index (χ3v) is 8.41. The van der Waals surface area contributed by atoms with Crippen LogP contribution in [0.3, 0.4) is 0 Å². The summed E-state index contributed by atoms with van der Waals surface area (Å²) < 4.78 is 12.2. The number of hydrogen-bond donors (Lipinski definition) is 2. The number of nitrogens with one attached hydrogen (secondary N) is 1. The van der Waals surface area contributed by atoms with Crippen LogP contribution in [-0.4, -0.2) is 27.5 Å². The van der Waals surface area contributed by atoms with Gasteiger partial charge in [-0.05, 0) is 48.6 Å². The fraction of sp³-hybridized carbons (Fsp3) is 0.242. The summed E-state index contributed by atoms with van der Waals surface area (Å²) >= 11 is 0. The van der Waals surface area contributed by atoms with Gasteiger partial charge in [-0.25, -0.2) is 0 Å². The lowest BCUT2D eigenvalue weighted by molar-refractivity contribution is -0.186. The molecule has 0 saturated heterocycles. The summed E-state index contributed by atoms with van der Waals surface area (Å²) in [6.45, 7) is 1.00. The summed E-state index contributed by atoms with van der Waals surface area (Å²) in [7, 11) is 0. The second-order valence-electron chi connectivity index (χ2n) is 11.3. The van der Waals surface area contributed by atoms with E-state index in [0.717, 1.165) is 22.4 Å². The standard InChI is InChI=1S/C33H29N3O5/c37-30-24-12-7-13-26(35-33-19-32(20-33,21-33)31(38)39)25(24)16-36(30)27-14-15-28(40-17-22-8-3-1-4-9-22)34-29(27)41-18-23-10-5-2-6-11-23/h1-15,35H,16-21H2,(H,38,39). The first-order valence-electron chi connectivity index (χ1n) is 13.7. The molecular formula is C33H29N3O5. The van der Waals surface area contributed by atoms with Crippen LogP contribution in [0.15, 0.2) is 91.0 Å². The van der Waals surface area contributed by atoms with E-state index in [4.69, 9.17) is 9.47 Å². The highest BCUT2D eigenvalue weighted by Gasteiger charge is 2.72. The van der Waals surface area contributed by atoms with Crippen molar-refractivity contribution in [1.82, 2.24) is 4.98 Å². The number of pyridine rings is 1. The number of carboxylic acid groups (broad SMARTS) is 1. The van der Waals surface area contributed by atoms with Crippen molar-refractivity contribution in [3.63, 3.8) is 0 Å². The molecule has 2 N–H and O–H groups in total. The van der Waals surface area contributed by atoms with Crippen LogP contribution in [0.2, 0.25) is 0 Å². The number of nitrogens with zero attached hydrogens (tertiary/aromatic N) is 2. The van der Waals surface area contributed by atoms with Gasteiger partial charge in [0.2, 0.25) is 11.8 Å². The van der Waals surface area contributed by atoms with E-state index in [1.807, 2.05) is 84.9 Å². The van der Waals surface area contributed by atoms with Crippen LogP contribution in [0.4, 0.5) is 11.4 Å². The molecule has 3 aromatic carbocycles. The smallest absolute Gasteiger partial charge is 0.309 e. The lowest BCUT2D eigenvalue weighted by Gasteiger charge is -2.68. The van der Waals surface area contributed by atoms with Gasteiger partial charge in [-0.2, -0.15) is 4.98 Å². The van der Waals surface area contributed by atoms with Crippen LogP contribution >= 0.6 is 0 Å². The number of aromatic nitrogens is 1. The number of carbonyl (C=O) groups excluding carboxylic acids is 1. The van der Waals surface area contributed by atoms with E-state index in [-0.39, 0.29) is 11.4 Å². The Kier molecular flexibility index (Phi) is 5.92. The average molecular weight is 548 g/mol. The highest BCUT2D eigenvalue weighted by molar-refractivity contribution is 6.11. The summed E-state index contributed by atoms with van der Waals surface area (Å²) in [5, 5.41) is 13.1. The van der Waals surface area contributed by atoms with Crippen molar-refractivity contribution in [2.24, 2.45) is 5.41 Å². The topological polar surface area (TPSA) is 101 Å². The van der Waals surface area contributed by atoms with Gasteiger partial charge in [0, 0.05) is 28.4 Å². The zero-order chi connectivity index (χ0) is 28.0. The summed E-state index contributed by atoms with van der Waals surface area (Å²) in [6.07, 6.45) is 1.84. The highest BCUT2D eigenvalue weighted by Crippen LogP contribution is 2.68. The molecule has 3 aliphatic carbocycles. The number of aliphatic carboxylic acids is 1. The van der Waals surface area contributed by atoms with E-state index in [1.54, 1.807) is 11.0 Å². The summed E-state index contributed by atoms with van der Waals surface area (Å²) in [5.74, 6) is -0.124. The first-order valence-corrected chi connectivity index (χ1v) is 13.7. The number of fused-ring (bicyclic) bond motifs is 1. The summed E-state index contributed by atoms with van der Waals surface area (Å²) in [4.78, 5) is 31.6. The normalized spacial score (nSPS) is 21.9. The van der Waals surface area contributed by atoms with Gasteiger partial charge >= 0.3 is 5.97 Å². The molecule has 4 aliphatic rings. The van der Waals surface area contributed by atoms with E-state index < -0.39 is 11.4 Å². The first-order chi connectivity index (χ1) is 19.9. The van der Waals surface area contributed by atoms with Crippen molar-refractivity contribution in [3.8, 4) is 11.8 Å². The number of anilines is 2. The molecule has 0 spiro atoms. The largest absolute Gasteiger partial charge is 0.481 e. The number of benzene rings is 3. The molecule has 1 amide bonds. The Morgan fingerprint density at radius 3 is 2.17 bits per heavy atom. The second kappa shape index (κ2) is 9.66. The molecule has 41 heavy (non-hydrogen) atoms. The Labute approximate surface area is 237 Å². The minimum absolute atomic E-state index is 0.132. The van der Waals surface area contributed by atoms with Crippen molar-refractivity contribution in [2.75, 3.05) is 10.2 Å². The Bertz CT molecular complexity index is 1620. The Morgan fingerprint density at radius 2 is 1.51 bits per heavy atom. The van der Waals surface area contributed by atoms with E-state index in [9.17, 15) is 14.7 Å². The fourth-order valence-electron chi connectivity index (χ4n) is 6.34. The quantitative estimate of drug-likeness (QED) is 0.258. The Morgan fingerprint density at radius 1 is 0.854 bits per heavy atom. The van der Waals surface area contributed by atoms with Crippen LogP contribution in [0.5, 0.6) is 11.8 Å². The molecule has 206 valence electrons. The number of rotatable bonds is 10. The number of carboxylic acids is 1. The maximum absolute atomic E-state index is 13.7. The van der Waals surface area contributed by atoms with Gasteiger partial charge in [0.15, 0.2) is 0 Å². The highest BCUT2D eigenvalue weighted by atomic mass is 16.5. The van der Waals surface area contributed by atoms with E-state index >= 15 is 0 Å². The van der Waals surface area contributed by atoms with Crippen LogP contribution in [-0.2, 0) is 24.6 Å². The lowest BCUT2D eigenvalue weighted by Crippen LogP contribution is -2.73. The van der Waals surface area contributed by atoms with Crippen molar-refractivity contribution in [2.45, 2.75) is 44.6 Å². The van der Waals surface area contributed by atoms with Gasteiger partial charge in [0.05, 0.1) is 12.0 Å². The maximum Gasteiger partial charge on any atom is 0.309 e. The zero-order valence-electron chi connectivity index (χ0n) is 22.4. The monoisotopic (exact) mass is 547 g/mol. The van der Waals surface area contributed by atoms with Crippen LogP contribution in [0, 0.1) is 5.41 Å². The van der Waals surface area contributed by atoms with Gasteiger partial charge in [-0.15, -0.1) is 0 Å². The van der Waals surface area contributed by atoms with Gasteiger partial charge in [0.25, 0.3) is 5.91 Å². The number of ether oxygens (including phenoxy) is 2. The average Bonchev–Trinajstić information content (AvgIpc) is 3.29. The van der Waals surface area contributed by atoms with Gasteiger partial charge < -0.3 is 19.9 Å². The van der Waals surface area contributed by atoms with E-state index in [1.165, 1.54) is 0 Å². The number of hydrogen-bond acceptors (Lipinski definition) is 6. The Balaban J connectivity index is 1.14. The molecule has 8 heteroatoms. The zero-order valence-corrected chi connectivity index (χ0v) is 22.4. The molecule has 2 bridgehead atoms. The SMILES string of the molecule is O=C1c2cccc(NC34CC(C(=O)O)(C3)C4)c2CN1c1ccc(OCc2ccccc2)nc1OCc1ccccc1. The molecule has 3 fully saturated rings. The maximum atomic E-state index is 13.7. The molecule has 1 aromatic heterocycles.